The molecule has 0 radical (unpaired) electrons. The van der Waals surface area contributed by atoms with E-state index in [4.69, 9.17) is 9.47 Å². The van der Waals surface area contributed by atoms with E-state index >= 15 is 0 Å². The van der Waals surface area contributed by atoms with Gasteiger partial charge in [0.15, 0.2) is 11.5 Å². The van der Waals surface area contributed by atoms with Crippen LogP contribution in [0.4, 0.5) is 0 Å². The molecule has 0 aromatic heterocycles. The molecule has 0 bridgehead atoms. The molecule has 2 aromatic carbocycles. The molecular formula is C19H22N2O4. The predicted molar refractivity (Wildman–Crippen MR) is 94.9 cm³/mol. The van der Waals surface area contributed by atoms with Gasteiger partial charge in [0.2, 0.25) is 5.91 Å². The Morgan fingerprint density at radius 2 is 1.72 bits per heavy atom. The van der Waals surface area contributed by atoms with Gasteiger partial charge in [0.05, 0.1) is 20.8 Å². The highest BCUT2D eigenvalue weighted by molar-refractivity contribution is 5.97. The van der Waals surface area contributed by atoms with Gasteiger partial charge in [0, 0.05) is 12.1 Å². The Kier molecular flexibility index (Phi) is 6.39. The van der Waals surface area contributed by atoms with E-state index in [1.807, 2.05) is 31.2 Å². The van der Waals surface area contributed by atoms with Gasteiger partial charge >= 0.3 is 0 Å². The van der Waals surface area contributed by atoms with Crippen molar-refractivity contribution in [2.24, 2.45) is 0 Å². The molecule has 6 heteroatoms. The highest BCUT2D eigenvalue weighted by Crippen LogP contribution is 2.27. The molecule has 25 heavy (non-hydrogen) atoms. The van der Waals surface area contributed by atoms with E-state index in [0.717, 1.165) is 11.1 Å². The summed E-state index contributed by atoms with van der Waals surface area (Å²) in [6, 6.07) is 12.7. The van der Waals surface area contributed by atoms with E-state index < -0.39 is 0 Å². The van der Waals surface area contributed by atoms with Crippen molar-refractivity contribution in [3.63, 3.8) is 0 Å². The minimum Gasteiger partial charge on any atom is -0.493 e. The number of carbonyl (C=O) groups excluding carboxylic acids is 2. The van der Waals surface area contributed by atoms with Crippen LogP contribution in [-0.4, -0.2) is 32.6 Å². The molecule has 0 spiro atoms. The van der Waals surface area contributed by atoms with Crippen molar-refractivity contribution in [3.8, 4) is 11.5 Å². The lowest BCUT2D eigenvalue weighted by Crippen LogP contribution is -2.36. The molecule has 0 aliphatic carbocycles. The van der Waals surface area contributed by atoms with Gasteiger partial charge in [-0.3, -0.25) is 9.59 Å². The Morgan fingerprint density at radius 3 is 2.40 bits per heavy atom. The second kappa shape index (κ2) is 8.73. The lowest BCUT2D eigenvalue weighted by molar-refractivity contribution is -0.120. The number of hydrogen-bond acceptors (Lipinski definition) is 4. The number of ether oxygens (including phenoxy) is 2. The fourth-order valence-corrected chi connectivity index (χ4v) is 2.33. The van der Waals surface area contributed by atoms with E-state index in [2.05, 4.69) is 10.6 Å². The molecular weight excluding hydrogens is 320 g/mol. The first kappa shape index (κ1) is 18.3. The van der Waals surface area contributed by atoms with E-state index in [1.54, 1.807) is 18.2 Å². The molecule has 2 N–H and O–H groups in total. The number of methoxy groups -OCH3 is 2. The Morgan fingerprint density at radius 1 is 0.960 bits per heavy atom. The Balaban J connectivity index is 1.85. The van der Waals surface area contributed by atoms with Gasteiger partial charge in [-0.05, 0) is 30.7 Å². The first-order valence-electron chi connectivity index (χ1n) is 7.86. The summed E-state index contributed by atoms with van der Waals surface area (Å²) >= 11 is 0. The van der Waals surface area contributed by atoms with Gasteiger partial charge in [-0.1, -0.05) is 29.8 Å². The fraction of sp³-hybridized carbons (Fsp3) is 0.263. The first-order valence-corrected chi connectivity index (χ1v) is 7.86. The van der Waals surface area contributed by atoms with Crippen LogP contribution in [0.3, 0.4) is 0 Å². The molecule has 2 rings (SSSR count). The standard InChI is InChI=1S/C19H22N2O4/c1-13-5-4-6-14(9-13)11-20-18(22)12-21-19(23)15-7-8-16(24-2)17(10-15)25-3/h4-10H,11-12H2,1-3H3,(H,20,22)(H,21,23). The molecule has 2 amide bonds. The third-order valence-electron chi connectivity index (χ3n) is 3.63. The van der Waals surface area contributed by atoms with Crippen LogP contribution in [0.15, 0.2) is 42.5 Å². The van der Waals surface area contributed by atoms with E-state index in [1.165, 1.54) is 14.2 Å². The van der Waals surface area contributed by atoms with Crippen LogP contribution in [0.5, 0.6) is 11.5 Å². The maximum atomic E-state index is 12.1. The zero-order valence-electron chi connectivity index (χ0n) is 14.6. The zero-order chi connectivity index (χ0) is 18.2. The highest BCUT2D eigenvalue weighted by atomic mass is 16.5. The van der Waals surface area contributed by atoms with Crippen molar-refractivity contribution in [1.29, 1.82) is 0 Å². The predicted octanol–water partition coefficient (Wildman–Crippen LogP) is 2.06. The summed E-state index contributed by atoms with van der Waals surface area (Å²) in [7, 11) is 3.02. The summed E-state index contributed by atoms with van der Waals surface area (Å²) in [5.41, 5.74) is 2.54. The molecule has 2 aromatic rings. The van der Waals surface area contributed by atoms with Crippen molar-refractivity contribution in [2.45, 2.75) is 13.5 Å². The number of hydrogen-bond donors (Lipinski definition) is 2. The quantitative estimate of drug-likeness (QED) is 0.807. The maximum Gasteiger partial charge on any atom is 0.251 e. The number of carbonyl (C=O) groups is 2. The second-order valence-corrected chi connectivity index (χ2v) is 5.52. The molecule has 132 valence electrons. The Labute approximate surface area is 147 Å². The molecule has 0 aliphatic heterocycles. The second-order valence-electron chi connectivity index (χ2n) is 5.52. The molecule has 0 fully saturated rings. The van der Waals surface area contributed by atoms with Gasteiger partial charge < -0.3 is 20.1 Å². The van der Waals surface area contributed by atoms with Gasteiger partial charge in [0.1, 0.15) is 0 Å². The average molecular weight is 342 g/mol. The van der Waals surface area contributed by atoms with Gasteiger partial charge in [0.25, 0.3) is 5.91 Å². The van der Waals surface area contributed by atoms with Crippen LogP contribution < -0.4 is 20.1 Å². The molecule has 0 saturated carbocycles. The zero-order valence-corrected chi connectivity index (χ0v) is 14.6. The highest BCUT2D eigenvalue weighted by Gasteiger charge is 2.11. The Bertz CT molecular complexity index is 759. The Hall–Kier alpha value is -3.02. The maximum absolute atomic E-state index is 12.1. The summed E-state index contributed by atoms with van der Waals surface area (Å²) in [5.74, 6) is 0.385. The summed E-state index contributed by atoms with van der Waals surface area (Å²) < 4.78 is 10.3. The summed E-state index contributed by atoms with van der Waals surface area (Å²) in [6.07, 6.45) is 0. The molecule has 0 atom stereocenters. The largest absolute Gasteiger partial charge is 0.493 e. The van der Waals surface area contributed by atoms with Crippen molar-refractivity contribution < 1.29 is 19.1 Å². The third kappa shape index (κ3) is 5.24. The van der Waals surface area contributed by atoms with Crippen molar-refractivity contribution >= 4 is 11.8 Å². The van der Waals surface area contributed by atoms with Crippen LogP contribution >= 0.6 is 0 Å². The van der Waals surface area contributed by atoms with Crippen LogP contribution in [0.2, 0.25) is 0 Å². The summed E-state index contributed by atoms with van der Waals surface area (Å²) in [5, 5.41) is 5.36. The third-order valence-corrected chi connectivity index (χ3v) is 3.63. The molecule has 0 unspecified atom stereocenters. The number of rotatable bonds is 7. The van der Waals surface area contributed by atoms with E-state index in [9.17, 15) is 9.59 Å². The molecule has 0 heterocycles. The van der Waals surface area contributed by atoms with Crippen molar-refractivity contribution in [1.82, 2.24) is 10.6 Å². The lowest BCUT2D eigenvalue weighted by Gasteiger charge is -2.10. The van der Waals surface area contributed by atoms with Crippen molar-refractivity contribution in [3.05, 3.63) is 59.2 Å². The SMILES string of the molecule is COc1ccc(C(=O)NCC(=O)NCc2cccc(C)c2)cc1OC. The molecule has 0 saturated heterocycles. The average Bonchev–Trinajstić information content (AvgIpc) is 2.63. The minimum atomic E-state index is -0.355. The molecule has 6 nitrogen and oxygen atoms in total. The van der Waals surface area contributed by atoms with Gasteiger partial charge in [-0.15, -0.1) is 0 Å². The normalized spacial score (nSPS) is 10.0. The smallest absolute Gasteiger partial charge is 0.251 e. The van der Waals surface area contributed by atoms with Crippen LogP contribution in [-0.2, 0) is 11.3 Å². The van der Waals surface area contributed by atoms with Gasteiger partial charge in [-0.25, -0.2) is 0 Å². The first-order chi connectivity index (χ1) is 12.0. The topological polar surface area (TPSA) is 76.7 Å². The number of benzene rings is 2. The number of amides is 2. The van der Waals surface area contributed by atoms with Gasteiger partial charge in [-0.2, -0.15) is 0 Å². The monoisotopic (exact) mass is 342 g/mol. The van der Waals surface area contributed by atoms with Crippen LogP contribution in [0.25, 0.3) is 0 Å². The lowest BCUT2D eigenvalue weighted by atomic mass is 10.1. The van der Waals surface area contributed by atoms with E-state index in [0.29, 0.717) is 23.6 Å². The number of aryl methyl sites for hydroxylation is 1. The fourth-order valence-electron chi connectivity index (χ4n) is 2.33. The van der Waals surface area contributed by atoms with E-state index in [-0.39, 0.29) is 18.4 Å². The van der Waals surface area contributed by atoms with Crippen LogP contribution in [0.1, 0.15) is 21.5 Å². The summed E-state index contributed by atoms with van der Waals surface area (Å²) in [6.45, 7) is 2.32. The summed E-state index contributed by atoms with van der Waals surface area (Å²) in [4.78, 5) is 24.0. The van der Waals surface area contributed by atoms with Crippen molar-refractivity contribution in [2.75, 3.05) is 20.8 Å². The van der Waals surface area contributed by atoms with Crippen LogP contribution in [0, 0.1) is 6.92 Å². The number of nitrogens with one attached hydrogen (secondary N) is 2. The molecule has 0 aliphatic rings. The minimum absolute atomic E-state index is 0.0982.